The van der Waals surface area contributed by atoms with Crippen LogP contribution in [0.25, 0.3) is 0 Å². The molecular formula is C19H24N2O3. The lowest BCUT2D eigenvalue weighted by Crippen LogP contribution is -2.36. The summed E-state index contributed by atoms with van der Waals surface area (Å²) in [5.74, 6) is 0.793. The van der Waals surface area contributed by atoms with Gasteiger partial charge in [0.05, 0.1) is 5.69 Å². The van der Waals surface area contributed by atoms with Crippen LogP contribution in [0, 0.1) is 13.8 Å². The lowest BCUT2D eigenvalue weighted by molar-refractivity contribution is 0.205. The predicted molar refractivity (Wildman–Crippen MR) is 94.8 cm³/mol. The van der Waals surface area contributed by atoms with Crippen molar-refractivity contribution in [1.82, 2.24) is 5.32 Å². The van der Waals surface area contributed by atoms with E-state index < -0.39 is 6.03 Å². The summed E-state index contributed by atoms with van der Waals surface area (Å²) in [6, 6.07) is 10.9. The highest BCUT2D eigenvalue weighted by molar-refractivity contribution is 5.90. The maximum absolute atomic E-state index is 11.8. The van der Waals surface area contributed by atoms with E-state index in [4.69, 9.17) is 4.74 Å². The van der Waals surface area contributed by atoms with Crippen LogP contribution in [0.2, 0.25) is 0 Å². The molecule has 0 unspecified atom stereocenters. The number of ether oxygens (including phenoxy) is 1. The van der Waals surface area contributed by atoms with Gasteiger partial charge in [-0.25, -0.2) is 4.79 Å². The molecule has 2 aromatic carbocycles. The van der Waals surface area contributed by atoms with Gasteiger partial charge in [-0.1, -0.05) is 36.8 Å². The summed E-state index contributed by atoms with van der Waals surface area (Å²) in [4.78, 5) is 11.8. The minimum Gasteiger partial charge on any atom is -0.489 e. The second-order valence-corrected chi connectivity index (χ2v) is 5.69. The first-order chi connectivity index (χ1) is 11.5. The number of carbonyl (C=O) groups excluding carboxylic acids is 1. The topological polar surface area (TPSA) is 61.8 Å². The zero-order valence-corrected chi connectivity index (χ0v) is 14.6. The van der Waals surface area contributed by atoms with Gasteiger partial charge >= 0.3 is 6.03 Å². The molecule has 0 aliphatic heterocycles. The number of benzene rings is 2. The first-order valence-corrected chi connectivity index (χ1v) is 7.99. The van der Waals surface area contributed by atoms with Crippen LogP contribution < -0.4 is 15.1 Å². The van der Waals surface area contributed by atoms with Crippen molar-refractivity contribution in [3.63, 3.8) is 0 Å². The molecule has 128 valence electrons. The van der Waals surface area contributed by atoms with Gasteiger partial charge in [-0.15, -0.1) is 0 Å². The Balaban J connectivity index is 2.32. The van der Waals surface area contributed by atoms with Crippen molar-refractivity contribution in [2.45, 2.75) is 33.8 Å². The number of carbonyl (C=O) groups is 1. The highest BCUT2D eigenvalue weighted by Crippen LogP contribution is 2.27. The number of hydrogen-bond donors (Lipinski definition) is 2. The molecule has 2 rings (SSSR count). The Hall–Kier alpha value is -2.53. The Bertz CT molecular complexity index is 729. The Morgan fingerprint density at radius 3 is 2.62 bits per heavy atom. The van der Waals surface area contributed by atoms with Gasteiger partial charge in [-0.2, -0.15) is 5.06 Å². The molecule has 5 nitrogen and oxygen atoms in total. The summed E-state index contributed by atoms with van der Waals surface area (Å²) < 4.78 is 5.96. The zero-order chi connectivity index (χ0) is 17.7. The minimum atomic E-state index is -0.587. The van der Waals surface area contributed by atoms with Gasteiger partial charge in [-0.05, 0) is 43.5 Å². The van der Waals surface area contributed by atoms with Gasteiger partial charge in [0.15, 0.2) is 0 Å². The third-order valence-corrected chi connectivity index (χ3v) is 3.97. The number of amides is 2. The number of anilines is 1. The van der Waals surface area contributed by atoms with E-state index in [0.29, 0.717) is 10.8 Å². The Labute approximate surface area is 142 Å². The highest BCUT2D eigenvalue weighted by Gasteiger charge is 2.18. The molecule has 0 aromatic heterocycles. The number of urea groups is 1. The molecule has 0 bridgehead atoms. The standard InChI is InChI=1S/C19H24N2O3/c1-5-15-7-6-8-17(21(23)19(22)20-4)16(15)12-24-18-10-9-13(2)11-14(18)3/h6-11,23H,5,12H2,1-4H3,(H,20,22). The van der Waals surface area contributed by atoms with Crippen molar-refractivity contribution < 1.29 is 14.7 Å². The number of aryl methyl sites for hydroxylation is 3. The first kappa shape index (κ1) is 17.8. The number of hydroxylamine groups is 1. The highest BCUT2D eigenvalue weighted by atomic mass is 16.5. The molecule has 0 atom stereocenters. The van der Waals surface area contributed by atoms with Crippen LogP contribution in [0.3, 0.4) is 0 Å². The fraction of sp³-hybridized carbons (Fsp3) is 0.316. The molecule has 2 amide bonds. The average Bonchev–Trinajstić information content (AvgIpc) is 2.59. The lowest BCUT2D eigenvalue weighted by atomic mass is 10.0. The fourth-order valence-corrected chi connectivity index (χ4v) is 2.64. The third-order valence-electron chi connectivity index (χ3n) is 3.97. The molecule has 0 heterocycles. The molecule has 0 saturated carbocycles. The molecule has 0 radical (unpaired) electrons. The molecule has 0 saturated heterocycles. The van der Waals surface area contributed by atoms with Gasteiger partial charge in [0, 0.05) is 12.6 Å². The SMILES string of the molecule is CCc1cccc(N(O)C(=O)NC)c1COc1ccc(C)cc1C. The molecule has 2 aromatic rings. The molecular weight excluding hydrogens is 304 g/mol. The van der Waals surface area contributed by atoms with Crippen LogP contribution in [-0.4, -0.2) is 18.3 Å². The average molecular weight is 328 g/mol. The van der Waals surface area contributed by atoms with E-state index in [-0.39, 0.29) is 6.61 Å². The van der Waals surface area contributed by atoms with Crippen molar-refractivity contribution in [1.29, 1.82) is 0 Å². The summed E-state index contributed by atoms with van der Waals surface area (Å²) in [6.45, 7) is 6.34. The van der Waals surface area contributed by atoms with E-state index in [1.54, 1.807) is 6.07 Å². The van der Waals surface area contributed by atoms with E-state index in [2.05, 4.69) is 11.4 Å². The minimum absolute atomic E-state index is 0.275. The van der Waals surface area contributed by atoms with Crippen molar-refractivity contribution in [2.24, 2.45) is 0 Å². The summed E-state index contributed by atoms with van der Waals surface area (Å²) in [5, 5.41) is 13.2. The molecule has 2 N–H and O–H groups in total. The van der Waals surface area contributed by atoms with E-state index in [0.717, 1.165) is 28.9 Å². The van der Waals surface area contributed by atoms with Gasteiger partial charge in [0.25, 0.3) is 0 Å². The number of rotatable bonds is 5. The second kappa shape index (κ2) is 7.84. The predicted octanol–water partition coefficient (Wildman–Crippen LogP) is 3.98. The molecule has 24 heavy (non-hydrogen) atoms. The van der Waals surface area contributed by atoms with Crippen molar-refractivity contribution >= 4 is 11.7 Å². The molecule has 5 heteroatoms. The summed E-state index contributed by atoms with van der Waals surface area (Å²) in [5.41, 5.74) is 4.48. The van der Waals surface area contributed by atoms with Crippen molar-refractivity contribution in [3.05, 3.63) is 58.7 Å². The molecule has 0 fully saturated rings. The lowest BCUT2D eigenvalue weighted by Gasteiger charge is -2.21. The maximum Gasteiger partial charge on any atom is 0.345 e. The fourth-order valence-electron chi connectivity index (χ4n) is 2.64. The number of nitrogens with one attached hydrogen (secondary N) is 1. The number of nitrogens with zero attached hydrogens (tertiary/aromatic N) is 1. The second-order valence-electron chi connectivity index (χ2n) is 5.69. The maximum atomic E-state index is 11.8. The zero-order valence-electron chi connectivity index (χ0n) is 14.6. The molecule has 0 aliphatic rings. The van der Waals surface area contributed by atoms with Crippen LogP contribution in [0.4, 0.5) is 10.5 Å². The third kappa shape index (κ3) is 3.86. The Morgan fingerprint density at radius 1 is 1.25 bits per heavy atom. The van der Waals surface area contributed by atoms with E-state index >= 15 is 0 Å². The van der Waals surface area contributed by atoms with Crippen LogP contribution in [0.1, 0.15) is 29.2 Å². The quantitative estimate of drug-likeness (QED) is 0.644. The number of hydrogen-bond acceptors (Lipinski definition) is 3. The van der Waals surface area contributed by atoms with E-state index in [1.165, 1.54) is 12.6 Å². The van der Waals surface area contributed by atoms with Crippen molar-refractivity contribution in [3.8, 4) is 5.75 Å². The summed E-state index contributed by atoms with van der Waals surface area (Å²) in [6.07, 6.45) is 0.779. The van der Waals surface area contributed by atoms with Crippen LogP contribution in [-0.2, 0) is 13.0 Å². The molecule has 0 spiro atoms. The van der Waals surface area contributed by atoms with Crippen LogP contribution in [0.15, 0.2) is 36.4 Å². The summed E-state index contributed by atoms with van der Waals surface area (Å²) >= 11 is 0. The van der Waals surface area contributed by atoms with Gasteiger partial charge in [0.2, 0.25) is 0 Å². The van der Waals surface area contributed by atoms with Gasteiger partial charge in [-0.3, -0.25) is 5.21 Å². The van der Waals surface area contributed by atoms with Crippen molar-refractivity contribution in [2.75, 3.05) is 12.1 Å². The summed E-state index contributed by atoms with van der Waals surface area (Å²) in [7, 11) is 1.47. The normalized spacial score (nSPS) is 10.4. The van der Waals surface area contributed by atoms with E-state index in [1.807, 2.05) is 45.0 Å². The van der Waals surface area contributed by atoms with Gasteiger partial charge < -0.3 is 10.1 Å². The van der Waals surface area contributed by atoms with Crippen LogP contribution >= 0.6 is 0 Å². The molecule has 0 aliphatic carbocycles. The monoisotopic (exact) mass is 328 g/mol. The smallest absolute Gasteiger partial charge is 0.345 e. The Kier molecular flexibility index (Phi) is 5.82. The first-order valence-electron chi connectivity index (χ1n) is 7.99. The van der Waals surface area contributed by atoms with E-state index in [9.17, 15) is 10.0 Å². The largest absolute Gasteiger partial charge is 0.489 e. The van der Waals surface area contributed by atoms with Gasteiger partial charge in [0.1, 0.15) is 12.4 Å². The van der Waals surface area contributed by atoms with Crippen LogP contribution in [0.5, 0.6) is 5.75 Å². The Morgan fingerprint density at radius 2 is 2.00 bits per heavy atom.